The lowest BCUT2D eigenvalue weighted by molar-refractivity contribution is -0.147. The number of ether oxygens (including phenoxy) is 1. The summed E-state index contributed by atoms with van der Waals surface area (Å²) in [6, 6.07) is 7.78. The molecule has 1 heterocycles. The van der Waals surface area contributed by atoms with Gasteiger partial charge in [0.1, 0.15) is 6.04 Å². The molecule has 0 aliphatic rings. The number of hydrogen-bond acceptors (Lipinski definition) is 8. The van der Waals surface area contributed by atoms with Crippen LogP contribution < -0.4 is 16.0 Å². The Hall–Kier alpha value is -3.23. The fraction of sp³-hybridized carbons (Fsp3) is 0.312. The van der Waals surface area contributed by atoms with Gasteiger partial charge in [0.25, 0.3) is 5.91 Å². The van der Waals surface area contributed by atoms with E-state index in [2.05, 4.69) is 20.3 Å². The molecule has 9 nitrogen and oxygen atoms in total. The molecule has 9 heteroatoms. The monoisotopic (exact) mass is 344 g/mol. The highest BCUT2D eigenvalue weighted by atomic mass is 16.5. The minimum atomic E-state index is -0.819. The van der Waals surface area contributed by atoms with Crippen LogP contribution in [-0.2, 0) is 16.1 Å². The number of amides is 1. The maximum atomic E-state index is 12.0. The van der Waals surface area contributed by atoms with Crippen molar-refractivity contribution in [3.63, 3.8) is 0 Å². The number of aromatic nitrogens is 3. The Morgan fingerprint density at radius 2 is 1.88 bits per heavy atom. The van der Waals surface area contributed by atoms with Gasteiger partial charge in [-0.25, -0.2) is 4.79 Å². The smallest absolute Gasteiger partial charge is 0.328 e. The van der Waals surface area contributed by atoms with Gasteiger partial charge >= 0.3 is 5.97 Å². The Kier molecular flexibility index (Phi) is 5.83. The highest BCUT2D eigenvalue weighted by Gasteiger charge is 2.18. The van der Waals surface area contributed by atoms with Crippen LogP contribution in [0.5, 0.6) is 0 Å². The van der Waals surface area contributed by atoms with Crippen LogP contribution in [0.15, 0.2) is 30.3 Å². The zero-order valence-electron chi connectivity index (χ0n) is 14.3. The van der Waals surface area contributed by atoms with E-state index in [1.807, 2.05) is 0 Å². The van der Waals surface area contributed by atoms with E-state index in [0.717, 1.165) is 0 Å². The van der Waals surface area contributed by atoms with Gasteiger partial charge in [-0.05, 0) is 19.1 Å². The molecule has 0 spiro atoms. The number of nitrogens with zero attached hydrogens (tertiary/aromatic N) is 4. The molecule has 3 N–H and O–H groups in total. The molecule has 132 valence electrons. The Morgan fingerprint density at radius 3 is 2.52 bits per heavy atom. The number of nitrogens with two attached hydrogens (primary N) is 1. The highest BCUT2D eigenvalue weighted by Crippen LogP contribution is 2.07. The van der Waals surface area contributed by atoms with E-state index in [1.54, 1.807) is 49.3 Å². The zero-order chi connectivity index (χ0) is 18.4. The first-order valence-corrected chi connectivity index (χ1v) is 7.57. The Morgan fingerprint density at radius 1 is 1.20 bits per heavy atom. The third-order valence-corrected chi connectivity index (χ3v) is 3.17. The Bertz CT molecular complexity index is 751. The number of anilines is 2. The van der Waals surface area contributed by atoms with Crippen LogP contribution in [0.2, 0.25) is 0 Å². The minimum Gasteiger partial charge on any atom is -0.456 e. The predicted octanol–water partition coefficient (Wildman–Crippen LogP) is 0.382. The molecular formula is C16H20N6O3. The van der Waals surface area contributed by atoms with Crippen LogP contribution in [0.3, 0.4) is 0 Å². The van der Waals surface area contributed by atoms with Crippen molar-refractivity contribution < 1.29 is 14.3 Å². The van der Waals surface area contributed by atoms with Gasteiger partial charge in [0, 0.05) is 19.7 Å². The molecule has 1 amide bonds. The molecule has 0 saturated heterocycles. The quantitative estimate of drug-likeness (QED) is 0.721. The summed E-state index contributed by atoms with van der Waals surface area (Å²) in [5, 5.41) is 2.57. The fourth-order valence-electron chi connectivity index (χ4n) is 1.88. The van der Waals surface area contributed by atoms with Gasteiger partial charge in [0.05, 0.1) is 0 Å². The first kappa shape index (κ1) is 18.1. The molecule has 0 saturated carbocycles. The summed E-state index contributed by atoms with van der Waals surface area (Å²) in [6.45, 7) is 1.37. The van der Waals surface area contributed by atoms with E-state index >= 15 is 0 Å². The van der Waals surface area contributed by atoms with Gasteiger partial charge in [-0.3, -0.25) is 4.79 Å². The maximum absolute atomic E-state index is 12.0. The molecule has 1 aromatic heterocycles. The molecule has 25 heavy (non-hydrogen) atoms. The van der Waals surface area contributed by atoms with Crippen molar-refractivity contribution in [1.82, 2.24) is 20.3 Å². The van der Waals surface area contributed by atoms with Crippen LogP contribution in [0, 0.1) is 0 Å². The largest absolute Gasteiger partial charge is 0.456 e. The lowest BCUT2D eigenvalue weighted by Gasteiger charge is -2.14. The van der Waals surface area contributed by atoms with Gasteiger partial charge in [-0.2, -0.15) is 15.0 Å². The molecule has 2 aromatic rings. The van der Waals surface area contributed by atoms with Crippen LogP contribution >= 0.6 is 0 Å². The third-order valence-electron chi connectivity index (χ3n) is 3.17. The van der Waals surface area contributed by atoms with E-state index in [4.69, 9.17) is 10.5 Å². The van der Waals surface area contributed by atoms with Crippen LogP contribution in [0.4, 0.5) is 11.9 Å². The summed E-state index contributed by atoms with van der Waals surface area (Å²) in [4.78, 5) is 37.7. The molecule has 0 aliphatic heterocycles. The van der Waals surface area contributed by atoms with E-state index in [-0.39, 0.29) is 24.3 Å². The number of benzene rings is 1. The van der Waals surface area contributed by atoms with E-state index in [9.17, 15) is 9.59 Å². The van der Waals surface area contributed by atoms with Crippen molar-refractivity contribution >= 4 is 23.8 Å². The van der Waals surface area contributed by atoms with E-state index in [1.165, 1.54) is 6.92 Å². The first-order chi connectivity index (χ1) is 11.9. The topological polar surface area (TPSA) is 123 Å². The molecule has 2 rings (SSSR count). The van der Waals surface area contributed by atoms with Gasteiger partial charge < -0.3 is 20.7 Å². The lowest BCUT2D eigenvalue weighted by atomic mass is 10.2. The maximum Gasteiger partial charge on any atom is 0.328 e. The summed E-state index contributed by atoms with van der Waals surface area (Å²) < 4.78 is 5.14. The fourth-order valence-corrected chi connectivity index (χ4v) is 1.88. The van der Waals surface area contributed by atoms with E-state index in [0.29, 0.717) is 11.5 Å². The van der Waals surface area contributed by atoms with Crippen LogP contribution in [-0.4, -0.2) is 47.0 Å². The average molecular weight is 344 g/mol. The van der Waals surface area contributed by atoms with Crippen molar-refractivity contribution in [2.24, 2.45) is 0 Å². The summed E-state index contributed by atoms with van der Waals surface area (Å²) in [5.74, 6) is -0.329. The van der Waals surface area contributed by atoms with Gasteiger partial charge in [0.2, 0.25) is 11.9 Å². The number of rotatable bonds is 6. The van der Waals surface area contributed by atoms with Gasteiger partial charge in [0.15, 0.2) is 12.4 Å². The van der Waals surface area contributed by atoms with Gasteiger partial charge in [-0.15, -0.1) is 0 Å². The zero-order valence-corrected chi connectivity index (χ0v) is 14.3. The minimum absolute atomic E-state index is 0.0372. The predicted molar refractivity (Wildman–Crippen MR) is 91.7 cm³/mol. The second kappa shape index (κ2) is 8.04. The molecule has 1 aromatic carbocycles. The molecule has 0 aliphatic carbocycles. The molecule has 0 unspecified atom stereocenters. The van der Waals surface area contributed by atoms with Crippen molar-refractivity contribution in [3.05, 3.63) is 41.7 Å². The first-order valence-electron chi connectivity index (χ1n) is 7.57. The summed E-state index contributed by atoms with van der Waals surface area (Å²) >= 11 is 0. The summed E-state index contributed by atoms with van der Waals surface area (Å²) in [7, 11) is 3.51. The lowest BCUT2D eigenvalue weighted by Crippen LogP contribution is -2.39. The number of carbonyl (C=O) groups is 2. The number of hydrogen-bond donors (Lipinski definition) is 2. The van der Waals surface area contributed by atoms with Crippen molar-refractivity contribution in [3.8, 4) is 0 Å². The highest BCUT2D eigenvalue weighted by molar-refractivity contribution is 5.96. The average Bonchev–Trinajstić information content (AvgIpc) is 2.59. The second-order valence-corrected chi connectivity index (χ2v) is 5.47. The Balaban J connectivity index is 1.92. The van der Waals surface area contributed by atoms with Crippen molar-refractivity contribution in [1.29, 1.82) is 0 Å². The Labute approximate surface area is 145 Å². The normalized spacial score (nSPS) is 11.5. The summed E-state index contributed by atoms with van der Waals surface area (Å²) in [6.07, 6.45) is 0. The summed E-state index contributed by atoms with van der Waals surface area (Å²) in [5.41, 5.74) is 6.07. The number of nitrogen functional groups attached to an aromatic ring is 1. The molecular weight excluding hydrogens is 324 g/mol. The number of nitrogens with one attached hydrogen (secondary N) is 1. The number of esters is 1. The van der Waals surface area contributed by atoms with E-state index < -0.39 is 12.0 Å². The molecule has 0 fully saturated rings. The standard InChI is InChI=1S/C16H20N6O3/c1-10(18-13(23)11-7-5-4-6-8-11)14(24)25-9-12-19-15(17)21-16(20-12)22(2)3/h4-8,10H,9H2,1-3H3,(H,18,23)(H2,17,19,20,21)/t10-/m1/s1. The molecule has 1 atom stereocenters. The SMILES string of the molecule is C[C@@H](NC(=O)c1ccccc1)C(=O)OCc1nc(N)nc(N(C)C)n1. The van der Waals surface area contributed by atoms with Crippen LogP contribution in [0.25, 0.3) is 0 Å². The molecule has 0 bridgehead atoms. The van der Waals surface area contributed by atoms with Crippen LogP contribution in [0.1, 0.15) is 23.1 Å². The third kappa shape index (κ3) is 5.13. The number of carbonyl (C=O) groups excluding carboxylic acids is 2. The van der Waals surface area contributed by atoms with Crippen molar-refractivity contribution in [2.75, 3.05) is 24.7 Å². The van der Waals surface area contributed by atoms with Gasteiger partial charge in [-0.1, -0.05) is 18.2 Å². The van der Waals surface area contributed by atoms with Crippen molar-refractivity contribution in [2.45, 2.75) is 19.6 Å². The molecule has 0 radical (unpaired) electrons. The second-order valence-electron chi connectivity index (χ2n) is 5.47.